The molecule has 0 aromatic heterocycles. The third kappa shape index (κ3) is 4.37. The zero-order valence-electron chi connectivity index (χ0n) is 25.3. The van der Waals surface area contributed by atoms with E-state index in [2.05, 4.69) is 0 Å². The van der Waals surface area contributed by atoms with Crippen molar-refractivity contribution in [3.63, 3.8) is 0 Å². The van der Waals surface area contributed by atoms with Crippen molar-refractivity contribution in [2.75, 3.05) is 14.2 Å². The first kappa shape index (κ1) is 30.9. The number of methoxy groups -OCH3 is 2. The summed E-state index contributed by atoms with van der Waals surface area (Å²) in [5.74, 6) is -6.64. The smallest absolute Gasteiger partial charge is 0.354 e. The minimum absolute atomic E-state index is 0.00487. The van der Waals surface area contributed by atoms with Crippen LogP contribution in [0.2, 0.25) is 0 Å². The van der Waals surface area contributed by atoms with Gasteiger partial charge >= 0.3 is 23.9 Å². The SMILES string of the molecule is COC(=O)[C@]1([C@@H]2CCC(=O)O2)CC(=O)c2c(cc(C)c(-c3ccc(O)c4c3O[C@](C(=O)OC)([C@H]3OC(=O)C[C@@H]3C)CC4=O)c2O)O1. The molecule has 4 aliphatic rings. The molecule has 242 valence electrons. The number of benzene rings is 2. The molecule has 2 aromatic carbocycles. The summed E-state index contributed by atoms with van der Waals surface area (Å²) in [5, 5.41) is 22.4. The third-order valence-corrected chi connectivity index (χ3v) is 9.04. The van der Waals surface area contributed by atoms with Gasteiger partial charge in [-0.1, -0.05) is 6.92 Å². The molecule has 0 bridgehead atoms. The van der Waals surface area contributed by atoms with Crippen LogP contribution < -0.4 is 9.47 Å². The van der Waals surface area contributed by atoms with Gasteiger partial charge in [0.1, 0.15) is 34.1 Å². The summed E-state index contributed by atoms with van der Waals surface area (Å²) < 4.78 is 33.1. The number of phenolic OH excluding ortho intramolecular Hbond substituents is 2. The highest BCUT2D eigenvalue weighted by Crippen LogP contribution is 2.53. The van der Waals surface area contributed by atoms with Gasteiger partial charge < -0.3 is 38.6 Å². The van der Waals surface area contributed by atoms with Crippen LogP contribution in [0, 0.1) is 12.8 Å². The molecule has 0 amide bonds. The molecule has 0 saturated carbocycles. The van der Waals surface area contributed by atoms with Gasteiger partial charge in [-0.2, -0.15) is 0 Å². The normalized spacial score (nSPS) is 28.3. The summed E-state index contributed by atoms with van der Waals surface area (Å²) >= 11 is 0. The Morgan fingerprint density at radius 2 is 1.52 bits per heavy atom. The minimum Gasteiger partial charge on any atom is -0.507 e. The highest BCUT2D eigenvalue weighted by Gasteiger charge is 2.61. The maximum atomic E-state index is 13.7. The summed E-state index contributed by atoms with van der Waals surface area (Å²) in [5.41, 5.74) is -4.42. The molecule has 0 unspecified atom stereocenters. The quantitative estimate of drug-likeness (QED) is 0.358. The summed E-state index contributed by atoms with van der Waals surface area (Å²) in [4.78, 5) is 77.8. The first-order valence-electron chi connectivity index (χ1n) is 14.5. The molecule has 0 spiro atoms. The average molecular weight is 639 g/mol. The second kappa shape index (κ2) is 10.7. The van der Waals surface area contributed by atoms with Crippen LogP contribution in [0.15, 0.2) is 18.2 Å². The third-order valence-electron chi connectivity index (χ3n) is 9.04. The lowest BCUT2D eigenvalue weighted by Gasteiger charge is -2.41. The lowest BCUT2D eigenvalue weighted by molar-refractivity contribution is -0.178. The molecule has 4 heterocycles. The van der Waals surface area contributed by atoms with E-state index in [1.807, 2.05) is 0 Å². The number of carbonyl (C=O) groups is 6. The highest BCUT2D eigenvalue weighted by molar-refractivity contribution is 6.11. The van der Waals surface area contributed by atoms with Crippen molar-refractivity contribution >= 4 is 35.4 Å². The van der Waals surface area contributed by atoms with Crippen molar-refractivity contribution in [1.29, 1.82) is 0 Å². The maximum absolute atomic E-state index is 13.7. The lowest BCUT2D eigenvalue weighted by atomic mass is 9.79. The number of cyclic esters (lactones) is 2. The summed E-state index contributed by atoms with van der Waals surface area (Å²) in [6.45, 7) is 3.20. The molecule has 0 radical (unpaired) electrons. The van der Waals surface area contributed by atoms with Gasteiger partial charge in [-0.25, -0.2) is 9.59 Å². The van der Waals surface area contributed by atoms with Crippen LogP contribution in [-0.2, 0) is 38.1 Å². The van der Waals surface area contributed by atoms with Gasteiger partial charge in [-0.05, 0) is 37.1 Å². The van der Waals surface area contributed by atoms with Gasteiger partial charge in [-0.3, -0.25) is 19.2 Å². The van der Waals surface area contributed by atoms with Crippen LogP contribution in [0.1, 0.15) is 65.3 Å². The molecule has 14 heteroatoms. The van der Waals surface area contributed by atoms with Gasteiger partial charge in [0.2, 0.25) is 11.2 Å². The Kier molecular flexibility index (Phi) is 7.21. The Balaban J connectivity index is 1.51. The fraction of sp³-hybridized carbons (Fsp3) is 0.438. The number of carbonyl (C=O) groups excluding carboxylic acids is 6. The molecule has 2 fully saturated rings. The molecular formula is C32H30O14. The Morgan fingerprint density at radius 1 is 0.870 bits per heavy atom. The van der Waals surface area contributed by atoms with Crippen molar-refractivity contribution in [1.82, 2.24) is 0 Å². The van der Waals surface area contributed by atoms with E-state index >= 15 is 0 Å². The van der Waals surface area contributed by atoms with Gasteiger partial charge in [0.05, 0.1) is 33.5 Å². The molecule has 4 aliphatic heterocycles. The van der Waals surface area contributed by atoms with Crippen molar-refractivity contribution in [2.45, 2.75) is 69.4 Å². The van der Waals surface area contributed by atoms with E-state index < -0.39 is 89.1 Å². The van der Waals surface area contributed by atoms with Crippen LogP contribution in [0.3, 0.4) is 0 Å². The number of fused-ring (bicyclic) bond motifs is 2. The standard InChI is InChI=1S/C32H30O14/c1-13-9-19-25(18(35)11-31(45-19,29(39)41-3)20-7-8-21(36)43-20)26(38)23(13)15-5-6-16(33)24-17(34)12-32(30(40)42-4,46-27(15)24)28-14(2)10-22(37)44-28/h5-6,9,14,20,28,33,38H,7-8,10-12H2,1-4H3/t14-,20-,28-,31+,32-/m0/s1. The van der Waals surface area contributed by atoms with Crippen molar-refractivity contribution in [3.8, 4) is 34.1 Å². The topological polar surface area (TPSA) is 198 Å². The van der Waals surface area contributed by atoms with E-state index in [-0.39, 0.29) is 58.6 Å². The number of phenols is 2. The number of hydrogen-bond acceptors (Lipinski definition) is 14. The van der Waals surface area contributed by atoms with Crippen LogP contribution in [0.5, 0.6) is 23.0 Å². The molecule has 6 rings (SSSR count). The number of esters is 4. The molecule has 2 saturated heterocycles. The van der Waals surface area contributed by atoms with Crippen molar-refractivity contribution < 1.29 is 67.4 Å². The van der Waals surface area contributed by atoms with Gasteiger partial charge in [-0.15, -0.1) is 0 Å². The number of ketones is 2. The molecule has 2 aromatic rings. The van der Waals surface area contributed by atoms with Gasteiger partial charge in [0.25, 0.3) is 0 Å². The van der Waals surface area contributed by atoms with E-state index in [4.69, 9.17) is 28.4 Å². The maximum Gasteiger partial charge on any atom is 0.354 e. The molecule has 0 aliphatic carbocycles. The molecule has 46 heavy (non-hydrogen) atoms. The van der Waals surface area contributed by atoms with Crippen molar-refractivity contribution in [2.24, 2.45) is 5.92 Å². The molecule has 2 N–H and O–H groups in total. The Hall–Kier alpha value is -5.14. The van der Waals surface area contributed by atoms with Crippen LogP contribution >= 0.6 is 0 Å². The van der Waals surface area contributed by atoms with E-state index in [9.17, 15) is 39.0 Å². The predicted molar refractivity (Wildman–Crippen MR) is 151 cm³/mol. The van der Waals surface area contributed by atoms with E-state index in [0.29, 0.717) is 0 Å². The van der Waals surface area contributed by atoms with Crippen LogP contribution in [0.25, 0.3) is 11.1 Å². The number of hydrogen-bond donors (Lipinski definition) is 2. The Morgan fingerprint density at radius 3 is 2.13 bits per heavy atom. The monoisotopic (exact) mass is 638 g/mol. The zero-order chi connectivity index (χ0) is 33.3. The van der Waals surface area contributed by atoms with Crippen molar-refractivity contribution in [3.05, 3.63) is 34.9 Å². The molecule has 5 atom stereocenters. The number of aromatic hydroxyl groups is 2. The van der Waals surface area contributed by atoms with Gasteiger partial charge in [0.15, 0.2) is 23.8 Å². The number of rotatable bonds is 5. The second-order valence-corrected chi connectivity index (χ2v) is 11.9. The minimum atomic E-state index is -2.12. The summed E-state index contributed by atoms with van der Waals surface area (Å²) in [6.07, 6.45) is -3.51. The largest absolute Gasteiger partial charge is 0.507 e. The summed E-state index contributed by atoms with van der Waals surface area (Å²) in [7, 11) is 2.19. The summed E-state index contributed by atoms with van der Waals surface area (Å²) in [6, 6.07) is 3.92. The zero-order valence-corrected chi connectivity index (χ0v) is 25.3. The van der Waals surface area contributed by atoms with E-state index in [1.165, 1.54) is 18.2 Å². The van der Waals surface area contributed by atoms with E-state index in [1.54, 1.807) is 13.8 Å². The predicted octanol–water partition coefficient (Wildman–Crippen LogP) is 2.48. The highest BCUT2D eigenvalue weighted by atomic mass is 16.6. The fourth-order valence-corrected chi connectivity index (χ4v) is 6.95. The fourth-order valence-electron chi connectivity index (χ4n) is 6.95. The number of Topliss-reactive ketones (excluding diaryl/α,β-unsaturated/α-hetero) is 2. The van der Waals surface area contributed by atoms with Crippen LogP contribution in [-0.4, -0.2) is 83.3 Å². The van der Waals surface area contributed by atoms with Gasteiger partial charge in [0, 0.05) is 23.5 Å². The lowest BCUT2D eigenvalue weighted by Crippen LogP contribution is -2.59. The number of aryl methyl sites for hydroxylation is 1. The second-order valence-electron chi connectivity index (χ2n) is 11.9. The number of ether oxygens (including phenoxy) is 6. The Labute approximate surface area is 261 Å². The first-order valence-corrected chi connectivity index (χ1v) is 14.5. The van der Waals surface area contributed by atoms with Crippen LogP contribution in [0.4, 0.5) is 0 Å². The Bertz CT molecular complexity index is 1740. The molecule has 14 nitrogen and oxygen atoms in total. The molecular weight excluding hydrogens is 608 g/mol. The average Bonchev–Trinajstić information content (AvgIpc) is 3.60. The van der Waals surface area contributed by atoms with E-state index in [0.717, 1.165) is 14.2 Å². The first-order chi connectivity index (χ1) is 21.8.